The maximum atomic E-state index is 11.0. The van der Waals surface area contributed by atoms with Crippen LogP contribution in [0.1, 0.15) is 11.1 Å². The number of hydrogen-bond acceptors (Lipinski definition) is 4. The fourth-order valence-electron chi connectivity index (χ4n) is 1.55. The average Bonchev–Trinajstić information content (AvgIpc) is 2.33. The maximum Gasteiger partial charge on any atom is 0.301 e. The first-order valence-corrected chi connectivity index (χ1v) is 6.73. The predicted octanol–water partition coefficient (Wildman–Crippen LogP) is 4.41. The van der Waals surface area contributed by atoms with E-state index in [4.69, 9.17) is 11.6 Å². The summed E-state index contributed by atoms with van der Waals surface area (Å²) >= 11 is 7.07. The summed E-state index contributed by atoms with van der Waals surface area (Å²) < 4.78 is 0. The van der Waals surface area contributed by atoms with Gasteiger partial charge in [0.2, 0.25) is 0 Å². The number of benzene rings is 1. The van der Waals surface area contributed by atoms with Crippen molar-refractivity contribution >= 4 is 29.1 Å². The van der Waals surface area contributed by atoms with Crippen molar-refractivity contribution in [3.05, 3.63) is 56.7 Å². The second-order valence-electron chi connectivity index (χ2n) is 4.09. The first-order valence-electron chi connectivity index (χ1n) is 5.53. The van der Waals surface area contributed by atoms with Gasteiger partial charge in [-0.1, -0.05) is 35.5 Å². The van der Waals surface area contributed by atoms with Crippen LogP contribution in [0.4, 0.5) is 5.69 Å². The molecule has 0 aliphatic carbocycles. The third-order valence-corrected chi connectivity index (χ3v) is 3.92. The minimum Gasteiger partial charge on any atom is -0.258 e. The highest BCUT2D eigenvalue weighted by Gasteiger charge is 2.17. The Morgan fingerprint density at radius 3 is 2.68 bits per heavy atom. The summed E-state index contributed by atoms with van der Waals surface area (Å²) in [7, 11) is 0. The number of halogens is 1. The molecule has 0 amide bonds. The van der Waals surface area contributed by atoms with Crippen molar-refractivity contribution in [1.29, 1.82) is 0 Å². The van der Waals surface area contributed by atoms with Crippen LogP contribution < -0.4 is 0 Å². The molecular weight excluding hydrogens is 284 g/mol. The van der Waals surface area contributed by atoms with Crippen molar-refractivity contribution in [2.45, 2.75) is 23.8 Å². The van der Waals surface area contributed by atoms with Crippen molar-refractivity contribution in [2.24, 2.45) is 0 Å². The molecule has 1 aromatic heterocycles. The minimum absolute atomic E-state index is 0.0321. The highest BCUT2D eigenvalue weighted by atomic mass is 35.5. The van der Waals surface area contributed by atoms with Crippen LogP contribution >= 0.6 is 23.4 Å². The van der Waals surface area contributed by atoms with E-state index in [0.29, 0.717) is 5.03 Å². The zero-order valence-electron chi connectivity index (χ0n) is 10.4. The molecule has 0 aliphatic rings. The Kier molecular flexibility index (Phi) is 4.07. The van der Waals surface area contributed by atoms with Gasteiger partial charge < -0.3 is 0 Å². The van der Waals surface area contributed by atoms with Gasteiger partial charge in [0.05, 0.1) is 4.92 Å². The number of aromatic nitrogens is 1. The summed E-state index contributed by atoms with van der Waals surface area (Å²) in [5.41, 5.74) is 2.11. The molecule has 1 heterocycles. The van der Waals surface area contributed by atoms with Crippen molar-refractivity contribution in [3.63, 3.8) is 0 Å². The van der Waals surface area contributed by atoms with Gasteiger partial charge in [-0.2, -0.15) is 0 Å². The summed E-state index contributed by atoms with van der Waals surface area (Å²) in [6.07, 6.45) is 0. The fourth-order valence-corrected chi connectivity index (χ4v) is 2.82. The third kappa shape index (κ3) is 3.24. The number of hydrogen-bond donors (Lipinski definition) is 0. The van der Waals surface area contributed by atoms with Crippen molar-refractivity contribution in [3.8, 4) is 0 Å². The van der Waals surface area contributed by atoms with Crippen molar-refractivity contribution in [2.75, 3.05) is 0 Å². The van der Waals surface area contributed by atoms with E-state index in [9.17, 15) is 10.1 Å². The van der Waals surface area contributed by atoms with Gasteiger partial charge in [-0.15, -0.1) is 0 Å². The lowest BCUT2D eigenvalue weighted by Gasteiger charge is -2.06. The Morgan fingerprint density at radius 2 is 2.00 bits per heavy atom. The summed E-state index contributed by atoms with van der Waals surface area (Å²) in [4.78, 5) is 15.5. The lowest BCUT2D eigenvalue weighted by Crippen LogP contribution is -1.94. The van der Waals surface area contributed by atoms with Crippen LogP contribution in [0.5, 0.6) is 0 Å². The van der Waals surface area contributed by atoms with E-state index < -0.39 is 4.92 Å². The molecule has 6 heteroatoms. The van der Waals surface area contributed by atoms with Gasteiger partial charge in [0.25, 0.3) is 0 Å². The zero-order valence-corrected chi connectivity index (χ0v) is 12.0. The first kappa shape index (κ1) is 13.8. The van der Waals surface area contributed by atoms with Crippen LogP contribution in [0, 0.1) is 24.0 Å². The molecule has 0 radical (unpaired) electrons. The molecule has 2 rings (SSSR count). The molecule has 0 spiro atoms. The summed E-state index contributed by atoms with van der Waals surface area (Å²) in [5, 5.41) is 11.5. The molecule has 0 bridgehead atoms. The molecule has 0 N–H and O–H groups in total. The van der Waals surface area contributed by atoms with Crippen LogP contribution in [-0.4, -0.2) is 9.91 Å². The van der Waals surface area contributed by atoms with E-state index in [2.05, 4.69) is 4.98 Å². The van der Waals surface area contributed by atoms with E-state index in [1.807, 2.05) is 32.0 Å². The van der Waals surface area contributed by atoms with Crippen molar-refractivity contribution < 1.29 is 4.92 Å². The molecule has 2 aromatic rings. The molecule has 0 saturated heterocycles. The van der Waals surface area contributed by atoms with Crippen LogP contribution in [0.15, 0.2) is 40.3 Å². The standard InChI is InChI=1S/C13H11ClN2O2S/c1-8-3-4-9(2)11(7-8)19-13-10(16(17)18)5-6-12(14)15-13/h3-7H,1-2H3. The molecule has 0 atom stereocenters. The predicted molar refractivity (Wildman–Crippen MR) is 75.9 cm³/mol. The first-order chi connectivity index (χ1) is 8.97. The van der Waals surface area contributed by atoms with Gasteiger partial charge in [0.1, 0.15) is 5.15 Å². The molecular formula is C13H11ClN2O2S. The number of nitrogens with zero attached hydrogens (tertiary/aromatic N) is 2. The number of pyridine rings is 1. The lowest BCUT2D eigenvalue weighted by atomic mass is 10.2. The lowest BCUT2D eigenvalue weighted by molar-refractivity contribution is -0.388. The van der Waals surface area contributed by atoms with Gasteiger partial charge in [-0.25, -0.2) is 4.98 Å². The maximum absolute atomic E-state index is 11.0. The largest absolute Gasteiger partial charge is 0.301 e. The Balaban J connectivity index is 2.45. The molecule has 0 fully saturated rings. The smallest absolute Gasteiger partial charge is 0.258 e. The number of rotatable bonds is 3. The Labute approximate surface area is 120 Å². The minimum atomic E-state index is -0.448. The van der Waals surface area contributed by atoms with E-state index in [-0.39, 0.29) is 10.8 Å². The number of aryl methyl sites for hydroxylation is 2. The summed E-state index contributed by atoms with van der Waals surface area (Å²) in [5.74, 6) is 0. The molecule has 1 aromatic carbocycles. The van der Waals surface area contributed by atoms with Gasteiger partial charge in [-0.3, -0.25) is 10.1 Å². The molecule has 0 aliphatic heterocycles. The molecule has 4 nitrogen and oxygen atoms in total. The van der Waals surface area contributed by atoms with Crippen molar-refractivity contribution in [1.82, 2.24) is 4.98 Å². The van der Waals surface area contributed by atoms with Gasteiger partial charge in [0.15, 0.2) is 5.03 Å². The quantitative estimate of drug-likeness (QED) is 0.478. The van der Waals surface area contributed by atoms with Crippen LogP contribution in [-0.2, 0) is 0 Å². The van der Waals surface area contributed by atoms with E-state index in [0.717, 1.165) is 16.0 Å². The zero-order chi connectivity index (χ0) is 14.0. The Bertz CT molecular complexity index is 647. The topological polar surface area (TPSA) is 56.0 Å². The highest BCUT2D eigenvalue weighted by Crippen LogP contribution is 2.35. The Morgan fingerprint density at radius 1 is 1.26 bits per heavy atom. The normalized spacial score (nSPS) is 10.5. The van der Waals surface area contributed by atoms with Gasteiger partial charge in [0, 0.05) is 11.0 Å². The summed E-state index contributed by atoms with van der Waals surface area (Å²) in [6, 6.07) is 8.76. The monoisotopic (exact) mass is 294 g/mol. The SMILES string of the molecule is Cc1ccc(C)c(Sc2nc(Cl)ccc2[N+](=O)[O-])c1. The second kappa shape index (κ2) is 5.59. The van der Waals surface area contributed by atoms with Crippen LogP contribution in [0.2, 0.25) is 5.15 Å². The van der Waals surface area contributed by atoms with E-state index in [1.165, 1.54) is 23.9 Å². The third-order valence-electron chi connectivity index (χ3n) is 2.55. The number of nitro groups is 1. The molecule has 19 heavy (non-hydrogen) atoms. The fraction of sp³-hybridized carbons (Fsp3) is 0.154. The second-order valence-corrected chi connectivity index (χ2v) is 5.50. The van der Waals surface area contributed by atoms with E-state index >= 15 is 0 Å². The van der Waals surface area contributed by atoms with Crippen LogP contribution in [0.3, 0.4) is 0 Å². The highest BCUT2D eigenvalue weighted by molar-refractivity contribution is 7.99. The summed E-state index contributed by atoms with van der Waals surface area (Å²) in [6.45, 7) is 3.93. The molecule has 98 valence electrons. The molecule has 0 saturated carbocycles. The van der Waals surface area contributed by atoms with Gasteiger partial charge in [-0.05, 0) is 37.1 Å². The van der Waals surface area contributed by atoms with E-state index in [1.54, 1.807) is 0 Å². The average molecular weight is 295 g/mol. The van der Waals surface area contributed by atoms with Gasteiger partial charge >= 0.3 is 5.69 Å². The molecule has 0 unspecified atom stereocenters. The van der Waals surface area contributed by atoms with Crippen LogP contribution in [0.25, 0.3) is 0 Å². The Hall–Kier alpha value is -1.59.